The van der Waals surface area contributed by atoms with Crippen LogP contribution in [0.25, 0.3) is 10.2 Å². The highest BCUT2D eigenvalue weighted by molar-refractivity contribution is 8.00. The van der Waals surface area contributed by atoms with Gasteiger partial charge in [0.2, 0.25) is 0 Å². The summed E-state index contributed by atoms with van der Waals surface area (Å²) in [7, 11) is 1.52. The number of aliphatic imine (C=N–C) groups is 1. The van der Waals surface area contributed by atoms with Crippen molar-refractivity contribution >= 4 is 45.2 Å². The van der Waals surface area contributed by atoms with Crippen molar-refractivity contribution < 1.29 is 9.84 Å². The van der Waals surface area contributed by atoms with Gasteiger partial charge in [0.25, 0.3) is 0 Å². The summed E-state index contributed by atoms with van der Waals surface area (Å²) in [5.41, 5.74) is 2.43. The largest absolute Gasteiger partial charge is 0.504 e. The van der Waals surface area contributed by atoms with Crippen molar-refractivity contribution in [3.05, 3.63) is 42.0 Å². The molecular formula is C16H14N2O2S2. The second-order valence-corrected chi connectivity index (χ2v) is 6.58. The SMILES string of the molecule is COc1cccc(C=Nc2ccc3nc(SC)sc3c2)c1O. The van der Waals surface area contributed by atoms with Crippen molar-refractivity contribution in [3.63, 3.8) is 0 Å². The first kappa shape index (κ1) is 14.9. The maximum absolute atomic E-state index is 10.0. The first-order valence-electron chi connectivity index (χ1n) is 6.56. The van der Waals surface area contributed by atoms with Crippen molar-refractivity contribution in [1.82, 2.24) is 4.98 Å². The first-order chi connectivity index (χ1) is 10.7. The summed E-state index contributed by atoms with van der Waals surface area (Å²) in [6.07, 6.45) is 3.65. The van der Waals surface area contributed by atoms with Gasteiger partial charge in [-0.3, -0.25) is 4.99 Å². The summed E-state index contributed by atoms with van der Waals surface area (Å²) in [6.45, 7) is 0. The number of phenolic OH excluding ortho intramolecular Hbond substituents is 1. The van der Waals surface area contributed by atoms with Crippen molar-refractivity contribution in [2.75, 3.05) is 13.4 Å². The Balaban J connectivity index is 1.92. The predicted octanol–water partition coefficient (Wildman–Crippen LogP) is 4.48. The minimum atomic E-state index is 0.0947. The molecular weight excluding hydrogens is 316 g/mol. The summed E-state index contributed by atoms with van der Waals surface area (Å²) >= 11 is 3.29. The van der Waals surface area contributed by atoms with E-state index in [-0.39, 0.29) is 5.75 Å². The zero-order chi connectivity index (χ0) is 15.5. The van der Waals surface area contributed by atoms with Crippen molar-refractivity contribution in [3.8, 4) is 11.5 Å². The molecule has 3 rings (SSSR count). The molecule has 0 amide bonds. The van der Waals surface area contributed by atoms with Gasteiger partial charge in [-0.15, -0.1) is 11.3 Å². The third-order valence-electron chi connectivity index (χ3n) is 3.13. The third-order valence-corrected chi connectivity index (χ3v) is 5.13. The normalized spacial score (nSPS) is 11.4. The molecule has 22 heavy (non-hydrogen) atoms. The molecule has 0 radical (unpaired) electrons. The molecule has 0 spiro atoms. The molecule has 3 aromatic rings. The molecule has 0 aliphatic rings. The molecule has 0 atom stereocenters. The average Bonchev–Trinajstić information content (AvgIpc) is 2.96. The van der Waals surface area contributed by atoms with Crippen LogP contribution in [0.5, 0.6) is 11.5 Å². The molecule has 2 aromatic carbocycles. The number of thioether (sulfide) groups is 1. The lowest BCUT2D eigenvalue weighted by Crippen LogP contribution is -1.88. The van der Waals surface area contributed by atoms with Crippen LogP contribution in [0.4, 0.5) is 5.69 Å². The molecule has 112 valence electrons. The van der Waals surface area contributed by atoms with E-state index >= 15 is 0 Å². The van der Waals surface area contributed by atoms with E-state index in [0.717, 1.165) is 20.2 Å². The number of nitrogens with zero attached hydrogens (tertiary/aromatic N) is 2. The number of phenols is 1. The van der Waals surface area contributed by atoms with Gasteiger partial charge in [-0.1, -0.05) is 17.8 Å². The van der Waals surface area contributed by atoms with Crippen molar-refractivity contribution in [1.29, 1.82) is 0 Å². The molecule has 0 saturated heterocycles. The van der Waals surface area contributed by atoms with Gasteiger partial charge in [-0.2, -0.15) is 0 Å². The molecule has 0 aliphatic heterocycles. The number of methoxy groups -OCH3 is 1. The lowest BCUT2D eigenvalue weighted by molar-refractivity contribution is 0.373. The van der Waals surface area contributed by atoms with E-state index in [1.54, 1.807) is 41.4 Å². The topological polar surface area (TPSA) is 54.7 Å². The van der Waals surface area contributed by atoms with Gasteiger partial charge in [0.15, 0.2) is 15.8 Å². The van der Waals surface area contributed by atoms with Crippen LogP contribution in [0.2, 0.25) is 0 Å². The molecule has 0 bridgehead atoms. The standard InChI is InChI=1S/C16H14N2O2S2/c1-20-13-5-3-4-10(15(13)19)9-17-11-6-7-12-14(8-11)22-16(18-12)21-2/h3-9,19H,1-2H3. The van der Waals surface area contributed by atoms with Crippen LogP contribution >= 0.6 is 23.1 Å². The fourth-order valence-corrected chi connectivity index (χ4v) is 3.53. The molecule has 6 heteroatoms. The lowest BCUT2D eigenvalue weighted by Gasteiger charge is -2.04. The smallest absolute Gasteiger partial charge is 0.166 e. The Morgan fingerprint density at radius 1 is 1.32 bits per heavy atom. The van der Waals surface area contributed by atoms with Gasteiger partial charge >= 0.3 is 0 Å². The van der Waals surface area contributed by atoms with E-state index in [4.69, 9.17) is 4.74 Å². The Morgan fingerprint density at radius 2 is 2.18 bits per heavy atom. The highest BCUT2D eigenvalue weighted by Gasteiger charge is 2.06. The van der Waals surface area contributed by atoms with Crippen LogP contribution in [-0.4, -0.2) is 29.7 Å². The number of thiazole rings is 1. The molecule has 0 aliphatic carbocycles. The Hall–Kier alpha value is -2.05. The number of aromatic nitrogens is 1. The monoisotopic (exact) mass is 330 g/mol. The number of hydrogen-bond acceptors (Lipinski definition) is 6. The number of rotatable bonds is 4. The highest BCUT2D eigenvalue weighted by Crippen LogP contribution is 2.31. The molecule has 0 unspecified atom stereocenters. The number of benzene rings is 2. The summed E-state index contributed by atoms with van der Waals surface area (Å²) < 4.78 is 7.24. The Labute approximate surface area is 136 Å². The average molecular weight is 330 g/mol. The van der Waals surface area contributed by atoms with Crippen LogP contribution < -0.4 is 4.74 Å². The van der Waals surface area contributed by atoms with Crippen LogP contribution in [0.15, 0.2) is 45.7 Å². The zero-order valence-electron chi connectivity index (χ0n) is 12.1. The van der Waals surface area contributed by atoms with E-state index in [2.05, 4.69) is 9.98 Å². The number of fused-ring (bicyclic) bond motifs is 1. The Kier molecular flexibility index (Phi) is 4.31. The van der Waals surface area contributed by atoms with Crippen molar-refractivity contribution in [2.45, 2.75) is 4.34 Å². The van der Waals surface area contributed by atoms with Gasteiger partial charge in [0, 0.05) is 11.8 Å². The molecule has 0 fully saturated rings. The maximum atomic E-state index is 10.0. The van der Waals surface area contributed by atoms with Crippen LogP contribution in [-0.2, 0) is 0 Å². The van der Waals surface area contributed by atoms with Gasteiger partial charge in [0.1, 0.15) is 0 Å². The number of hydrogen-bond donors (Lipinski definition) is 1. The number of aromatic hydroxyl groups is 1. The Bertz CT molecular complexity index is 843. The summed E-state index contributed by atoms with van der Waals surface area (Å²) in [5, 5.41) is 10.0. The van der Waals surface area contributed by atoms with Crippen LogP contribution in [0, 0.1) is 0 Å². The van der Waals surface area contributed by atoms with E-state index in [9.17, 15) is 5.11 Å². The van der Waals surface area contributed by atoms with Gasteiger partial charge in [0.05, 0.1) is 23.0 Å². The second kappa shape index (κ2) is 6.37. The van der Waals surface area contributed by atoms with E-state index in [1.165, 1.54) is 7.11 Å². The minimum absolute atomic E-state index is 0.0947. The van der Waals surface area contributed by atoms with Gasteiger partial charge in [-0.05, 0) is 36.6 Å². The predicted molar refractivity (Wildman–Crippen MR) is 93.3 cm³/mol. The quantitative estimate of drug-likeness (QED) is 0.566. The molecule has 0 saturated carbocycles. The van der Waals surface area contributed by atoms with Gasteiger partial charge < -0.3 is 9.84 Å². The van der Waals surface area contributed by atoms with Gasteiger partial charge in [-0.25, -0.2) is 4.98 Å². The molecule has 4 nitrogen and oxygen atoms in total. The van der Waals surface area contributed by atoms with Crippen LogP contribution in [0.1, 0.15) is 5.56 Å². The number of para-hydroxylation sites is 1. The Morgan fingerprint density at radius 3 is 2.95 bits per heavy atom. The van der Waals surface area contributed by atoms with Crippen LogP contribution in [0.3, 0.4) is 0 Å². The highest BCUT2D eigenvalue weighted by atomic mass is 32.2. The molecule has 1 aromatic heterocycles. The first-order valence-corrected chi connectivity index (χ1v) is 8.60. The maximum Gasteiger partial charge on any atom is 0.166 e. The fourth-order valence-electron chi connectivity index (χ4n) is 2.01. The fraction of sp³-hybridized carbons (Fsp3) is 0.125. The molecule has 1 heterocycles. The molecule has 1 N–H and O–H groups in total. The van der Waals surface area contributed by atoms with Crippen molar-refractivity contribution in [2.24, 2.45) is 4.99 Å². The zero-order valence-corrected chi connectivity index (χ0v) is 13.7. The lowest BCUT2D eigenvalue weighted by atomic mass is 10.2. The van der Waals surface area contributed by atoms with E-state index in [0.29, 0.717) is 11.3 Å². The summed E-state index contributed by atoms with van der Waals surface area (Å²) in [5.74, 6) is 0.531. The summed E-state index contributed by atoms with van der Waals surface area (Å²) in [4.78, 5) is 8.93. The third kappa shape index (κ3) is 2.93. The van der Waals surface area contributed by atoms with E-state index in [1.807, 2.05) is 30.5 Å². The number of ether oxygens (including phenoxy) is 1. The van der Waals surface area contributed by atoms with E-state index < -0.39 is 0 Å². The summed E-state index contributed by atoms with van der Waals surface area (Å²) in [6, 6.07) is 11.2. The second-order valence-electron chi connectivity index (χ2n) is 4.49. The minimum Gasteiger partial charge on any atom is -0.504 e.